The molecular weight excluding hydrogens is 298 g/mol. The van der Waals surface area contributed by atoms with Crippen LogP contribution in [0.5, 0.6) is 0 Å². The Labute approximate surface area is 123 Å². The van der Waals surface area contributed by atoms with Gasteiger partial charge in [-0.1, -0.05) is 11.6 Å². The van der Waals surface area contributed by atoms with Crippen LogP contribution in [0, 0.1) is 16.0 Å². The van der Waals surface area contributed by atoms with Crippen molar-refractivity contribution in [1.29, 1.82) is 0 Å². The van der Waals surface area contributed by atoms with Crippen molar-refractivity contribution in [2.45, 2.75) is 12.5 Å². The van der Waals surface area contributed by atoms with Crippen molar-refractivity contribution in [2.75, 3.05) is 5.32 Å². The lowest BCUT2D eigenvalue weighted by Crippen LogP contribution is -2.19. The summed E-state index contributed by atoms with van der Waals surface area (Å²) in [4.78, 5) is 26.0. The van der Waals surface area contributed by atoms with Gasteiger partial charge in [0.05, 0.1) is 0 Å². The summed E-state index contributed by atoms with van der Waals surface area (Å²) < 4.78 is 0. The molecule has 1 aromatic heterocycles. The predicted octanol–water partition coefficient (Wildman–Crippen LogP) is 1.73. The minimum absolute atomic E-state index is 0.0962. The number of nitro groups is 1. The lowest BCUT2D eigenvalue weighted by Gasteiger charge is -1.97. The zero-order chi connectivity index (χ0) is 15.0. The van der Waals surface area contributed by atoms with Crippen molar-refractivity contribution in [3.05, 3.63) is 39.4 Å². The van der Waals surface area contributed by atoms with Gasteiger partial charge in [-0.25, -0.2) is 0 Å². The Balaban J connectivity index is 1.67. The molecule has 1 amide bonds. The molecule has 1 fully saturated rings. The van der Waals surface area contributed by atoms with Crippen LogP contribution in [0.25, 0.3) is 11.4 Å². The van der Waals surface area contributed by atoms with Crippen LogP contribution >= 0.6 is 11.6 Å². The molecule has 1 aliphatic carbocycles. The zero-order valence-electron chi connectivity index (χ0n) is 10.6. The minimum Gasteiger partial charge on any atom is -0.293 e. The first-order valence-corrected chi connectivity index (χ1v) is 6.55. The first-order valence-electron chi connectivity index (χ1n) is 6.17. The topological polar surface area (TPSA) is 114 Å². The van der Waals surface area contributed by atoms with E-state index in [2.05, 4.69) is 20.5 Å². The largest absolute Gasteiger partial charge is 0.293 e. The Kier molecular flexibility index (Phi) is 3.30. The Morgan fingerprint density at radius 3 is 2.76 bits per heavy atom. The molecule has 3 rings (SSSR count). The predicted molar refractivity (Wildman–Crippen MR) is 74.3 cm³/mol. The smallest absolute Gasteiger partial charge is 0.249 e. The molecule has 108 valence electrons. The number of hydrogen-bond donors (Lipinski definition) is 2. The van der Waals surface area contributed by atoms with E-state index in [4.69, 9.17) is 11.6 Å². The van der Waals surface area contributed by atoms with E-state index in [1.165, 1.54) is 0 Å². The van der Waals surface area contributed by atoms with E-state index < -0.39 is 22.8 Å². The number of carbonyl (C=O) groups is 1. The standard InChI is InChI=1S/C12H10ClN5O3/c13-7-3-1-6(2-4-7)10-14-12(17-16-10)15-11(19)8-5-9(8)18(20)21/h1-4,8-9H,5H2,(H2,14,15,16,17,19)/t8-,9+/m0/s1. The third-order valence-corrected chi connectivity index (χ3v) is 3.45. The summed E-state index contributed by atoms with van der Waals surface area (Å²) in [6.45, 7) is 0. The molecule has 2 atom stereocenters. The molecule has 0 spiro atoms. The number of H-pyrrole nitrogens is 1. The highest BCUT2D eigenvalue weighted by Crippen LogP contribution is 2.33. The van der Waals surface area contributed by atoms with E-state index >= 15 is 0 Å². The van der Waals surface area contributed by atoms with Gasteiger partial charge in [-0.05, 0) is 24.3 Å². The number of halogens is 1. The second kappa shape index (κ2) is 5.13. The molecule has 0 aliphatic heterocycles. The number of carbonyl (C=O) groups excluding carboxylic acids is 1. The van der Waals surface area contributed by atoms with E-state index in [0.29, 0.717) is 10.8 Å². The monoisotopic (exact) mass is 307 g/mol. The third-order valence-electron chi connectivity index (χ3n) is 3.20. The summed E-state index contributed by atoms with van der Waals surface area (Å²) >= 11 is 5.80. The minimum atomic E-state index is -0.792. The van der Waals surface area contributed by atoms with Gasteiger partial charge in [0.15, 0.2) is 5.82 Å². The van der Waals surface area contributed by atoms with Crippen LogP contribution in [0.1, 0.15) is 6.42 Å². The van der Waals surface area contributed by atoms with Crippen molar-refractivity contribution in [3.63, 3.8) is 0 Å². The number of aromatic amines is 1. The first-order chi connectivity index (χ1) is 10.0. The molecule has 2 aromatic rings. The van der Waals surface area contributed by atoms with Crippen molar-refractivity contribution >= 4 is 23.5 Å². The van der Waals surface area contributed by atoms with E-state index in [-0.39, 0.29) is 12.4 Å². The van der Waals surface area contributed by atoms with E-state index in [9.17, 15) is 14.9 Å². The lowest BCUT2D eigenvalue weighted by atomic mass is 10.2. The SMILES string of the molecule is O=C(Nc1n[nH]c(-c2ccc(Cl)cc2)n1)[C@H]1C[C@H]1[N+](=O)[O-]. The summed E-state index contributed by atoms with van der Waals surface area (Å²) in [6.07, 6.45) is 0.257. The second-order valence-corrected chi connectivity index (χ2v) is 5.14. The van der Waals surface area contributed by atoms with Crippen molar-refractivity contribution in [2.24, 2.45) is 5.92 Å². The van der Waals surface area contributed by atoms with Crippen molar-refractivity contribution in [3.8, 4) is 11.4 Å². The number of rotatable bonds is 4. The van der Waals surface area contributed by atoms with Gasteiger partial charge >= 0.3 is 0 Å². The Bertz CT molecular complexity index is 699. The quantitative estimate of drug-likeness (QED) is 0.659. The third kappa shape index (κ3) is 2.84. The second-order valence-electron chi connectivity index (χ2n) is 4.70. The lowest BCUT2D eigenvalue weighted by molar-refractivity contribution is -0.497. The number of amides is 1. The molecule has 9 heteroatoms. The van der Waals surface area contributed by atoms with Crippen LogP contribution in [-0.4, -0.2) is 32.1 Å². The molecule has 0 radical (unpaired) electrons. The fourth-order valence-electron chi connectivity index (χ4n) is 1.95. The van der Waals surface area contributed by atoms with Crippen LogP contribution in [0.15, 0.2) is 24.3 Å². The maximum absolute atomic E-state index is 11.8. The number of nitrogens with one attached hydrogen (secondary N) is 2. The van der Waals surface area contributed by atoms with Gasteiger partial charge in [-0.2, -0.15) is 4.98 Å². The fourth-order valence-corrected chi connectivity index (χ4v) is 2.08. The number of aromatic nitrogens is 3. The summed E-state index contributed by atoms with van der Waals surface area (Å²) in [5.41, 5.74) is 0.766. The van der Waals surface area contributed by atoms with Crippen LogP contribution < -0.4 is 5.32 Å². The van der Waals surface area contributed by atoms with Gasteiger partial charge in [0, 0.05) is 21.9 Å². The average molecular weight is 308 g/mol. The molecule has 1 aromatic carbocycles. The molecule has 1 saturated carbocycles. The molecule has 1 aliphatic rings. The number of nitrogens with zero attached hydrogens (tertiary/aromatic N) is 3. The Morgan fingerprint density at radius 2 is 2.14 bits per heavy atom. The zero-order valence-corrected chi connectivity index (χ0v) is 11.4. The van der Waals surface area contributed by atoms with Crippen molar-refractivity contribution in [1.82, 2.24) is 15.2 Å². The normalized spacial score (nSPS) is 20.0. The van der Waals surface area contributed by atoms with Gasteiger partial charge in [0.1, 0.15) is 5.92 Å². The van der Waals surface area contributed by atoms with Gasteiger partial charge in [-0.3, -0.25) is 25.3 Å². The van der Waals surface area contributed by atoms with E-state index in [1.807, 2.05) is 0 Å². The molecule has 0 saturated heterocycles. The number of hydrogen-bond acceptors (Lipinski definition) is 5. The summed E-state index contributed by atoms with van der Waals surface area (Å²) in [5.74, 6) is -0.460. The van der Waals surface area contributed by atoms with Gasteiger partial charge in [-0.15, -0.1) is 5.10 Å². The number of benzene rings is 1. The van der Waals surface area contributed by atoms with Gasteiger partial charge in [0.25, 0.3) is 0 Å². The molecule has 2 N–H and O–H groups in total. The Morgan fingerprint density at radius 1 is 1.43 bits per heavy atom. The molecule has 0 unspecified atom stereocenters. The maximum atomic E-state index is 11.8. The highest BCUT2D eigenvalue weighted by molar-refractivity contribution is 6.30. The molecule has 8 nitrogen and oxygen atoms in total. The van der Waals surface area contributed by atoms with Crippen molar-refractivity contribution < 1.29 is 9.72 Å². The first kappa shape index (κ1) is 13.5. The van der Waals surface area contributed by atoms with E-state index in [1.54, 1.807) is 24.3 Å². The fraction of sp³-hybridized carbons (Fsp3) is 0.250. The number of anilines is 1. The molecule has 21 heavy (non-hydrogen) atoms. The average Bonchev–Trinajstić information content (AvgIpc) is 3.14. The van der Waals surface area contributed by atoms with Gasteiger partial charge < -0.3 is 0 Å². The summed E-state index contributed by atoms with van der Waals surface area (Å²) in [5, 5.41) is 20.1. The maximum Gasteiger partial charge on any atom is 0.249 e. The highest BCUT2D eigenvalue weighted by Gasteiger charge is 2.53. The summed E-state index contributed by atoms with van der Waals surface area (Å²) in [7, 11) is 0. The van der Waals surface area contributed by atoms with Crippen LogP contribution in [0.4, 0.5) is 5.95 Å². The van der Waals surface area contributed by atoms with Crippen LogP contribution in [-0.2, 0) is 4.79 Å². The summed E-state index contributed by atoms with van der Waals surface area (Å²) in [6, 6.07) is 6.16. The van der Waals surface area contributed by atoms with Crippen LogP contribution in [0.3, 0.4) is 0 Å². The Hall–Kier alpha value is -2.48. The highest BCUT2D eigenvalue weighted by atomic mass is 35.5. The molecular formula is C12H10ClN5O3. The molecule has 0 bridgehead atoms. The molecule has 1 heterocycles. The van der Waals surface area contributed by atoms with Crippen LogP contribution in [0.2, 0.25) is 5.02 Å². The van der Waals surface area contributed by atoms with Gasteiger partial charge in [0.2, 0.25) is 17.9 Å². The van der Waals surface area contributed by atoms with E-state index in [0.717, 1.165) is 5.56 Å².